The number of benzene rings is 1. The van der Waals surface area contributed by atoms with Crippen LogP contribution in [-0.2, 0) is 9.53 Å². The molecule has 1 aromatic carbocycles. The minimum absolute atomic E-state index is 0.217. The highest BCUT2D eigenvalue weighted by Crippen LogP contribution is 2.17. The lowest BCUT2D eigenvalue weighted by atomic mass is 9.96. The smallest absolute Gasteiger partial charge is 0.379 e. The Morgan fingerprint density at radius 2 is 1.75 bits per heavy atom. The molecule has 0 radical (unpaired) electrons. The van der Waals surface area contributed by atoms with Crippen LogP contribution in [-0.4, -0.2) is 18.4 Å². The third-order valence-electron chi connectivity index (χ3n) is 2.76. The average molecular weight is 220 g/mol. The van der Waals surface area contributed by atoms with E-state index in [1.165, 1.54) is 0 Å². The molecule has 0 atom stereocenters. The molecule has 0 aromatic heterocycles. The maximum Gasteiger partial charge on any atom is 0.379 e. The predicted octanol–water partition coefficient (Wildman–Crippen LogP) is 2.36. The molecule has 0 saturated heterocycles. The fraction of sp³-hybridized carbons (Fsp3) is 0.385. The molecular weight excluding hydrogens is 204 g/mol. The molecule has 3 nitrogen and oxygen atoms in total. The van der Waals surface area contributed by atoms with Crippen molar-refractivity contribution in [2.24, 2.45) is 0 Å². The van der Waals surface area contributed by atoms with Crippen molar-refractivity contribution < 1.29 is 14.3 Å². The molecule has 0 aliphatic carbocycles. The maximum atomic E-state index is 11.7. The molecule has 1 rings (SSSR count). The summed E-state index contributed by atoms with van der Waals surface area (Å²) in [7, 11) is 0. The Balaban J connectivity index is 3.10. The lowest BCUT2D eigenvalue weighted by Gasteiger charge is -2.09. The number of carbonyl (C=O) groups excluding carboxylic acids is 2. The van der Waals surface area contributed by atoms with Gasteiger partial charge in [-0.1, -0.05) is 12.1 Å². The Kier molecular flexibility index (Phi) is 3.82. The highest BCUT2D eigenvalue weighted by atomic mass is 16.5. The summed E-state index contributed by atoms with van der Waals surface area (Å²) in [5, 5.41) is 0. The zero-order chi connectivity index (χ0) is 12.3. The van der Waals surface area contributed by atoms with Crippen LogP contribution in [0.15, 0.2) is 12.1 Å². The van der Waals surface area contributed by atoms with Crippen molar-refractivity contribution in [2.75, 3.05) is 6.61 Å². The number of rotatable bonds is 3. The van der Waals surface area contributed by atoms with Crippen molar-refractivity contribution >= 4 is 11.8 Å². The van der Waals surface area contributed by atoms with E-state index in [1.807, 2.05) is 26.8 Å². The Bertz CT molecular complexity index is 433. The van der Waals surface area contributed by atoms with Crippen LogP contribution in [0.4, 0.5) is 0 Å². The topological polar surface area (TPSA) is 43.4 Å². The molecule has 0 spiro atoms. The average Bonchev–Trinajstić information content (AvgIpc) is 2.26. The molecule has 0 heterocycles. The van der Waals surface area contributed by atoms with Gasteiger partial charge in [-0.05, 0) is 44.4 Å². The first-order valence-corrected chi connectivity index (χ1v) is 5.27. The maximum absolute atomic E-state index is 11.7. The third kappa shape index (κ3) is 2.30. The molecule has 16 heavy (non-hydrogen) atoms. The second-order valence-electron chi connectivity index (χ2n) is 3.73. The highest BCUT2D eigenvalue weighted by molar-refractivity contribution is 6.41. The first-order valence-electron chi connectivity index (χ1n) is 5.27. The van der Waals surface area contributed by atoms with Crippen molar-refractivity contribution in [1.82, 2.24) is 0 Å². The summed E-state index contributed by atoms with van der Waals surface area (Å²) in [4.78, 5) is 23.1. The van der Waals surface area contributed by atoms with Crippen LogP contribution in [0.1, 0.15) is 34.0 Å². The molecule has 0 aliphatic heterocycles. The van der Waals surface area contributed by atoms with Gasteiger partial charge in [-0.15, -0.1) is 0 Å². The van der Waals surface area contributed by atoms with Crippen molar-refractivity contribution in [1.29, 1.82) is 0 Å². The molecule has 0 bridgehead atoms. The van der Waals surface area contributed by atoms with Gasteiger partial charge in [0.2, 0.25) is 0 Å². The fourth-order valence-electron chi connectivity index (χ4n) is 1.51. The van der Waals surface area contributed by atoms with Gasteiger partial charge in [0, 0.05) is 5.56 Å². The summed E-state index contributed by atoms with van der Waals surface area (Å²) < 4.78 is 4.69. The van der Waals surface area contributed by atoms with Crippen molar-refractivity contribution in [3.05, 3.63) is 34.4 Å². The van der Waals surface area contributed by atoms with Gasteiger partial charge in [0.25, 0.3) is 5.78 Å². The molecule has 3 heteroatoms. The van der Waals surface area contributed by atoms with Gasteiger partial charge in [0.1, 0.15) is 0 Å². The molecule has 0 fully saturated rings. The number of esters is 1. The molecular formula is C13H16O3. The molecule has 0 unspecified atom stereocenters. The number of aryl methyl sites for hydroxylation is 1. The van der Waals surface area contributed by atoms with Crippen molar-refractivity contribution in [3.8, 4) is 0 Å². The van der Waals surface area contributed by atoms with Crippen LogP contribution in [0, 0.1) is 20.8 Å². The van der Waals surface area contributed by atoms with Gasteiger partial charge in [0.05, 0.1) is 6.61 Å². The van der Waals surface area contributed by atoms with Gasteiger partial charge in [-0.2, -0.15) is 0 Å². The van der Waals surface area contributed by atoms with Crippen molar-refractivity contribution in [3.63, 3.8) is 0 Å². The standard InChI is InChI=1S/C13H16O3/c1-5-16-13(15)12(14)11-7-6-8(2)9(3)10(11)4/h6-7H,5H2,1-4H3. The molecule has 0 aliphatic rings. The van der Waals surface area contributed by atoms with E-state index >= 15 is 0 Å². The van der Waals surface area contributed by atoms with Crippen LogP contribution in [0.3, 0.4) is 0 Å². The number of ketones is 1. The Morgan fingerprint density at radius 3 is 2.31 bits per heavy atom. The third-order valence-corrected chi connectivity index (χ3v) is 2.76. The summed E-state index contributed by atoms with van der Waals surface area (Å²) in [6, 6.07) is 3.52. The van der Waals surface area contributed by atoms with Crippen LogP contribution in [0.5, 0.6) is 0 Å². The van der Waals surface area contributed by atoms with Gasteiger partial charge in [0.15, 0.2) is 0 Å². The van der Waals surface area contributed by atoms with Gasteiger partial charge in [-0.25, -0.2) is 4.79 Å². The fourth-order valence-corrected chi connectivity index (χ4v) is 1.51. The van der Waals surface area contributed by atoms with E-state index in [1.54, 1.807) is 13.0 Å². The number of ether oxygens (including phenoxy) is 1. The zero-order valence-electron chi connectivity index (χ0n) is 10.1. The van der Waals surface area contributed by atoms with Gasteiger partial charge >= 0.3 is 5.97 Å². The summed E-state index contributed by atoms with van der Waals surface area (Å²) >= 11 is 0. The largest absolute Gasteiger partial charge is 0.460 e. The first-order chi connectivity index (χ1) is 7.49. The lowest BCUT2D eigenvalue weighted by molar-refractivity contribution is -0.137. The van der Waals surface area contributed by atoms with E-state index in [0.29, 0.717) is 5.56 Å². The molecule has 86 valence electrons. The summed E-state index contributed by atoms with van der Waals surface area (Å²) in [5.41, 5.74) is 3.42. The van der Waals surface area contributed by atoms with Crippen LogP contribution >= 0.6 is 0 Å². The first kappa shape index (κ1) is 12.4. The monoisotopic (exact) mass is 220 g/mol. The van der Waals surface area contributed by atoms with E-state index in [4.69, 9.17) is 4.74 Å². The van der Waals surface area contributed by atoms with E-state index in [0.717, 1.165) is 16.7 Å². The minimum Gasteiger partial charge on any atom is -0.460 e. The zero-order valence-corrected chi connectivity index (χ0v) is 10.1. The summed E-state index contributed by atoms with van der Waals surface area (Å²) in [5.74, 6) is -1.35. The van der Waals surface area contributed by atoms with E-state index in [2.05, 4.69) is 0 Å². The number of Topliss-reactive ketones (excluding diaryl/α,β-unsaturated/α-hetero) is 1. The highest BCUT2D eigenvalue weighted by Gasteiger charge is 2.20. The SMILES string of the molecule is CCOC(=O)C(=O)c1ccc(C)c(C)c1C. The van der Waals surface area contributed by atoms with Crippen LogP contribution in [0.25, 0.3) is 0 Å². The normalized spacial score (nSPS) is 10.0. The molecule has 1 aromatic rings. The Morgan fingerprint density at radius 1 is 1.12 bits per heavy atom. The van der Waals surface area contributed by atoms with Gasteiger partial charge < -0.3 is 4.74 Å². The minimum atomic E-state index is -0.783. The van der Waals surface area contributed by atoms with E-state index in [-0.39, 0.29) is 6.61 Å². The summed E-state index contributed by atoms with van der Waals surface area (Å²) in [6.07, 6.45) is 0. The molecule has 0 N–H and O–H groups in total. The van der Waals surface area contributed by atoms with E-state index in [9.17, 15) is 9.59 Å². The van der Waals surface area contributed by atoms with Crippen molar-refractivity contribution in [2.45, 2.75) is 27.7 Å². The Hall–Kier alpha value is -1.64. The lowest BCUT2D eigenvalue weighted by Crippen LogP contribution is -2.19. The second-order valence-corrected chi connectivity index (χ2v) is 3.73. The quantitative estimate of drug-likeness (QED) is 0.446. The number of hydrogen-bond acceptors (Lipinski definition) is 3. The molecule has 0 saturated carbocycles. The predicted molar refractivity (Wildman–Crippen MR) is 61.6 cm³/mol. The summed E-state index contributed by atoms with van der Waals surface area (Å²) in [6.45, 7) is 7.65. The van der Waals surface area contributed by atoms with Gasteiger partial charge in [-0.3, -0.25) is 4.79 Å². The second kappa shape index (κ2) is 4.92. The molecule has 0 amide bonds. The number of carbonyl (C=O) groups is 2. The Labute approximate surface area is 95.4 Å². The number of hydrogen-bond donors (Lipinski definition) is 0. The van der Waals surface area contributed by atoms with E-state index < -0.39 is 11.8 Å². The van der Waals surface area contributed by atoms with Crippen LogP contribution in [0.2, 0.25) is 0 Å². The van der Waals surface area contributed by atoms with Crippen LogP contribution < -0.4 is 0 Å².